The predicted octanol–water partition coefficient (Wildman–Crippen LogP) is 2.70. The van der Waals surface area contributed by atoms with E-state index in [0.717, 1.165) is 29.4 Å². The van der Waals surface area contributed by atoms with Crippen molar-refractivity contribution in [1.82, 2.24) is 9.97 Å². The van der Waals surface area contributed by atoms with Gasteiger partial charge in [-0.1, -0.05) is 6.07 Å². The maximum absolute atomic E-state index is 11.2. The van der Waals surface area contributed by atoms with Crippen LogP contribution in [0.1, 0.15) is 30.7 Å². The molecule has 0 radical (unpaired) electrons. The third-order valence-corrected chi connectivity index (χ3v) is 3.98. The molecule has 2 aromatic rings. The second-order valence-corrected chi connectivity index (χ2v) is 5.32. The Hall–Kier alpha value is -1.26. The molecule has 2 N–H and O–H groups in total. The van der Waals surface area contributed by atoms with E-state index in [1.165, 1.54) is 0 Å². The molecular weight excluding hydrogens is 252 g/mol. The maximum atomic E-state index is 11.2. The standard InChI is InChI=1S/C13H15ClN2O2/c1-7-2-5-11(18-7)12(14)8-3-4-9-10(6-8)16-13(17)15-9/h3-4,6-7,11-12H,2,5H2,1H3,(H2,15,16,17). The second kappa shape index (κ2) is 4.44. The molecule has 2 heterocycles. The van der Waals surface area contributed by atoms with E-state index in [-0.39, 0.29) is 23.3 Å². The molecule has 1 saturated heterocycles. The molecule has 1 aliphatic heterocycles. The number of alkyl halides is 1. The van der Waals surface area contributed by atoms with E-state index in [0.29, 0.717) is 0 Å². The monoisotopic (exact) mass is 266 g/mol. The fourth-order valence-electron chi connectivity index (χ4n) is 2.49. The zero-order valence-electron chi connectivity index (χ0n) is 10.1. The molecule has 3 rings (SSSR count). The second-order valence-electron chi connectivity index (χ2n) is 4.85. The van der Waals surface area contributed by atoms with Crippen molar-refractivity contribution in [1.29, 1.82) is 0 Å². The minimum absolute atomic E-state index is 0.0600. The number of benzene rings is 1. The highest BCUT2D eigenvalue weighted by atomic mass is 35.5. The molecule has 96 valence electrons. The minimum Gasteiger partial charge on any atom is -0.373 e. The van der Waals surface area contributed by atoms with Crippen molar-refractivity contribution < 1.29 is 4.74 Å². The Balaban J connectivity index is 1.91. The Bertz CT molecular complexity index is 619. The number of aromatic nitrogens is 2. The van der Waals surface area contributed by atoms with Gasteiger partial charge in [-0.05, 0) is 37.5 Å². The molecule has 18 heavy (non-hydrogen) atoms. The Kier molecular flexibility index (Phi) is 2.92. The van der Waals surface area contributed by atoms with Gasteiger partial charge in [0.2, 0.25) is 0 Å². The number of rotatable bonds is 2. The number of imidazole rings is 1. The molecule has 1 fully saturated rings. The summed E-state index contributed by atoms with van der Waals surface area (Å²) in [5.74, 6) is 0. The summed E-state index contributed by atoms with van der Waals surface area (Å²) in [5, 5.41) is -0.169. The predicted molar refractivity (Wildman–Crippen MR) is 71.1 cm³/mol. The van der Waals surface area contributed by atoms with Crippen LogP contribution in [0.3, 0.4) is 0 Å². The van der Waals surface area contributed by atoms with Crippen LogP contribution in [0.5, 0.6) is 0 Å². The Morgan fingerprint density at radius 3 is 2.83 bits per heavy atom. The van der Waals surface area contributed by atoms with Crippen molar-refractivity contribution in [3.05, 3.63) is 34.2 Å². The molecule has 1 aromatic heterocycles. The topological polar surface area (TPSA) is 57.9 Å². The fraction of sp³-hybridized carbons (Fsp3) is 0.462. The third kappa shape index (κ3) is 2.06. The number of hydrogen-bond acceptors (Lipinski definition) is 2. The third-order valence-electron chi connectivity index (χ3n) is 3.45. The average molecular weight is 267 g/mol. The number of H-pyrrole nitrogens is 2. The van der Waals surface area contributed by atoms with Gasteiger partial charge < -0.3 is 14.7 Å². The molecule has 3 unspecified atom stereocenters. The van der Waals surface area contributed by atoms with Crippen LogP contribution in [0.4, 0.5) is 0 Å². The summed E-state index contributed by atoms with van der Waals surface area (Å²) < 4.78 is 5.78. The lowest BCUT2D eigenvalue weighted by Gasteiger charge is -2.17. The summed E-state index contributed by atoms with van der Waals surface area (Å²) in [6.07, 6.45) is 2.38. The van der Waals surface area contributed by atoms with Gasteiger partial charge in [-0.25, -0.2) is 4.79 Å². The highest BCUT2D eigenvalue weighted by Gasteiger charge is 2.29. The molecule has 0 spiro atoms. The van der Waals surface area contributed by atoms with E-state index < -0.39 is 0 Å². The summed E-state index contributed by atoms with van der Waals surface area (Å²) in [7, 11) is 0. The van der Waals surface area contributed by atoms with Crippen LogP contribution in [-0.2, 0) is 4.74 Å². The first-order valence-corrected chi connectivity index (χ1v) is 6.58. The number of ether oxygens (including phenoxy) is 1. The summed E-state index contributed by atoms with van der Waals surface area (Å²) in [4.78, 5) is 16.7. The molecule has 0 aliphatic carbocycles. The Morgan fingerprint density at radius 2 is 2.11 bits per heavy atom. The zero-order chi connectivity index (χ0) is 12.7. The van der Waals surface area contributed by atoms with E-state index in [2.05, 4.69) is 16.9 Å². The number of fused-ring (bicyclic) bond motifs is 1. The van der Waals surface area contributed by atoms with Crippen LogP contribution in [0.15, 0.2) is 23.0 Å². The number of hydrogen-bond donors (Lipinski definition) is 2. The SMILES string of the molecule is CC1CCC(C(Cl)c2ccc3[nH]c(=O)[nH]c3c2)O1. The lowest BCUT2D eigenvalue weighted by Crippen LogP contribution is -2.14. The van der Waals surface area contributed by atoms with Crippen LogP contribution >= 0.6 is 11.6 Å². The summed E-state index contributed by atoms with van der Waals surface area (Å²) in [5.41, 5.74) is 2.38. The molecule has 3 atom stereocenters. The van der Waals surface area contributed by atoms with E-state index >= 15 is 0 Å². The molecule has 4 nitrogen and oxygen atoms in total. The van der Waals surface area contributed by atoms with E-state index in [1.54, 1.807) is 0 Å². The lowest BCUT2D eigenvalue weighted by molar-refractivity contribution is 0.0533. The van der Waals surface area contributed by atoms with Crippen molar-refractivity contribution in [2.24, 2.45) is 0 Å². The zero-order valence-corrected chi connectivity index (χ0v) is 10.8. The molecule has 0 bridgehead atoms. The van der Waals surface area contributed by atoms with Crippen molar-refractivity contribution in [3.8, 4) is 0 Å². The highest BCUT2D eigenvalue weighted by Crippen LogP contribution is 2.35. The van der Waals surface area contributed by atoms with Crippen LogP contribution in [0.2, 0.25) is 0 Å². The molecule has 0 saturated carbocycles. The Labute approximate surface area is 109 Å². The maximum Gasteiger partial charge on any atom is 0.323 e. The number of nitrogens with one attached hydrogen (secondary N) is 2. The molecule has 0 amide bonds. The van der Waals surface area contributed by atoms with Gasteiger partial charge in [0.15, 0.2) is 0 Å². The van der Waals surface area contributed by atoms with E-state index in [1.807, 2.05) is 18.2 Å². The first-order valence-electron chi connectivity index (χ1n) is 6.15. The molecule has 5 heteroatoms. The number of halogens is 1. The van der Waals surface area contributed by atoms with Gasteiger partial charge in [0.25, 0.3) is 0 Å². The Morgan fingerprint density at radius 1 is 1.33 bits per heavy atom. The summed E-state index contributed by atoms with van der Waals surface area (Å²) in [6, 6.07) is 5.73. The van der Waals surface area contributed by atoms with Gasteiger partial charge >= 0.3 is 5.69 Å². The van der Waals surface area contributed by atoms with Crippen molar-refractivity contribution in [2.75, 3.05) is 0 Å². The van der Waals surface area contributed by atoms with E-state index in [9.17, 15) is 4.79 Å². The van der Waals surface area contributed by atoms with Gasteiger partial charge in [-0.2, -0.15) is 0 Å². The minimum atomic E-state index is -0.195. The fourth-order valence-corrected chi connectivity index (χ4v) is 2.81. The first-order chi connectivity index (χ1) is 8.63. The molecule has 1 aliphatic rings. The average Bonchev–Trinajstić information content (AvgIpc) is 2.92. The van der Waals surface area contributed by atoms with Crippen LogP contribution in [-0.4, -0.2) is 22.2 Å². The van der Waals surface area contributed by atoms with Crippen LogP contribution < -0.4 is 5.69 Å². The van der Waals surface area contributed by atoms with Gasteiger partial charge in [0.1, 0.15) is 0 Å². The van der Waals surface area contributed by atoms with Crippen molar-refractivity contribution >= 4 is 22.6 Å². The highest BCUT2D eigenvalue weighted by molar-refractivity contribution is 6.21. The van der Waals surface area contributed by atoms with Gasteiger partial charge in [-0.15, -0.1) is 11.6 Å². The smallest absolute Gasteiger partial charge is 0.323 e. The van der Waals surface area contributed by atoms with Crippen LogP contribution in [0.25, 0.3) is 11.0 Å². The van der Waals surface area contributed by atoms with Gasteiger partial charge in [0, 0.05) is 0 Å². The normalized spacial score (nSPS) is 25.7. The van der Waals surface area contributed by atoms with Gasteiger partial charge in [-0.3, -0.25) is 0 Å². The van der Waals surface area contributed by atoms with Crippen molar-refractivity contribution in [2.45, 2.75) is 37.4 Å². The lowest BCUT2D eigenvalue weighted by atomic mass is 10.0. The number of aromatic amines is 2. The summed E-state index contributed by atoms with van der Waals surface area (Å²) >= 11 is 6.46. The van der Waals surface area contributed by atoms with E-state index in [4.69, 9.17) is 16.3 Å². The summed E-state index contributed by atoms with van der Waals surface area (Å²) in [6.45, 7) is 2.07. The molecular formula is C13H15ClN2O2. The van der Waals surface area contributed by atoms with Crippen molar-refractivity contribution in [3.63, 3.8) is 0 Å². The van der Waals surface area contributed by atoms with Crippen LogP contribution in [0, 0.1) is 0 Å². The molecule has 1 aromatic carbocycles. The van der Waals surface area contributed by atoms with Gasteiger partial charge in [0.05, 0.1) is 28.6 Å². The first kappa shape index (κ1) is 11.8. The quantitative estimate of drug-likeness (QED) is 0.821. The largest absolute Gasteiger partial charge is 0.373 e.